The quantitative estimate of drug-likeness (QED) is 0.374. The van der Waals surface area contributed by atoms with E-state index in [1.807, 2.05) is 0 Å². The van der Waals surface area contributed by atoms with E-state index in [-0.39, 0.29) is 22.8 Å². The van der Waals surface area contributed by atoms with Crippen LogP contribution in [0.2, 0.25) is 5.02 Å². The Morgan fingerprint density at radius 1 is 1.16 bits per heavy atom. The van der Waals surface area contributed by atoms with Crippen LogP contribution >= 0.6 is 27.5 Å². The molecule has 7 nitrogen and oxygen atoms in total. The third-order valence-electron chi connectivity index (χ3n) is 5.05. The molecule has 4 rings (SSSR count). The Morgan fingerprint density at radius 3 is 2.56 bits per heavy atom. The smallest absolute Gasteiger partial charge is 0.270 e. The normalized spacial score (nSPS) is 15.5. The first kappa shape index (κ1) is 21.9. The first-order valence-electron chi connectivity index (χ1n) is 9.34. The van der Waals surface area contributed by atoms with Gasteiger partial charge in [-0.3, -0.25) is 19.7 Å². The van der Waals surface area contributed by atoms with Gasteiger partial charge in [-0.25, -0.2) is 4.39 Å². The Morgan fingerprint density at radius 2 is 1.88 bits per heavy atom. The van der Waals surface area contributed by atoms with Crippen LogP contribution in [0.3, 0.4) is 0 Å². The number of nitro groups is 1. The van der Waals surface area contributed by atoms with Gasteiger partial charge in [-0.15, -0.1) is 0 Å². The zero-order chi connectivity index (χ0) is 23.0. The number of nitrogens with one attached hydrogen (secondary N) is 1. The van der Waals surface area contributed by atoms with Crippen molar-refractivity contribution in [2.45, 2.75) is 6.04 Å². The Hall–Kier alpha value is -3.30. The molecular formula is C22H14BrClFN3O4. The third-order valence-corrected chi connectivity index (χ3v) is 5.87. The van der Waals surface area contributed by atoms with Crippen molar-refractivity contribution < 1.29 is 18.9 Å². The Kier molecular flexibility index (Phi) is 5.94. The molecule has 162 valence electrons. The first-order chi connectivity index (χ1) is 15.2. The predicted octanol–water partition coefficient (Wildman–Crippen LogP) is 5.33. The fraction of sp³-hybridized carbons (Fsp3) is 0.0909. The maximum atomic E-state index is 13.6. The van der Waals surface area contributed by atoms with Crippen molar-refractivity contribution in [1.29, 1.82) is 0 Å². The second-order valence-electron chi connectivity index (χ2n) is 7.09. The van der Waals surface area contributed by atoms with Crippen LogP contribution in [0, 0.1) is 15.9 Å². The van der Waals surface area contributed by atoms with E-state index < -0.39 is 28.6 Å². The molecule has 0 saturated heterocycles. The van der Waals surface area contributed by atoms with Crippen molar-refractivity contribution in [2.75, 3.05) is 11.9 Å². The summed E-state index contributed by atoms with van der Waals surface area (Å²) in [6.07, 6.45) is 0. The zero-order valence-corrected chi connectivity index (χ0v) is 18.6. The van der Waals surface area contributed by atoms with Crippen LogP contribution in [0.25, 0.3) is 0 Å². The van der Waals surface area contributed by atoms with Crippen LogP contribution in [0.5, 0.6) is 0 Å². The van der Waals surface area contributed by atoms with Crippen LogP contribution < -0.4 is 5.32 Å². The molecule has 0 saturated carbocycles. The number of benzene rings is 3. The second kappa shape index (κ2) is 8.68. The van der Waals surface area contributed by atoms with Crippen LogP contribution in [0.1, 0.15) is 27.5 Å². The standard InChI is InChI=1S/C22H14BrClFN3O4/c23-13-3-8-19-17(9-13)21(12-1-4-14(25)5-2-12)27(11-20(29)26-19)22(30)16-10-15(28(31)32)6-7-18(16)24/h1-10,21H,11H2,(H,26,29)/t21-/m1/s1. The van der Waals surface area contributed by atoms with Gasteiger partial charge >= 0.3 is 0 Å². The number of carbonyl (C=O) groups is 2. The van der Waals surface area contributed by atoms with Crippen LogP contribution in [0.4, 0.5) is 15.8 Å². The lowest BCUT2D eigenvalue weighted by Crippen LogP contribution is -2.39. The van der Waals surface area contributed by atoms with E-state index in [0.717, 1.165) is 6.07 Å². The molecule has 0 bridgehead atoms. The highest BCUT2D eigenvalue weighted by molar-refractivity contribution is 9.10. The molecule has 10 heteroatoms. The van der Waals surface area contributed by atoms with Gasteiger partial charge in [0.05, 0.1) is 21.6 Å². The number of fused-ring (bicyclic) bond motifs is 1. The first-order valence-corrected chi connectivity index (χ1v) is 10.5. The summed E-state index contributed by atoms with van der Waals surface area (Å²) >= 11 is 9.61. The highest BCUT2D eigenvalue weighted by Gasteiger charge is 2.35. The average Bonchev–Trinajstić information content (AvgIpc) is 2.89. The lowest BCUT2D eigenvalue weighted by Gasteiger charge is -2.31. The van der Waals surface area contributed by atoms with E-state index in [1.54, 1.807) is 18.2 Å². The molecule has 0 aromatic heterocycles. The maximum absolute atomic E-state index is 13.6. The molecule has 1 heterocycles. The monoisotopic (exact) mass is 517 g/mol. The molecule has 2 amide bonds. The van der Waals surface area contributed by atoms with Gasteiger partial charge in [0.25, 0.3) is 11.6 Å². The van der Waals surface area contributed by atoms with E-state index in [0.29, 0.717) is 21.3 Å². The van der Waals surface area contributed by atoms with Crippen LogP contribution in [-0.4, -0.2) is 28.2 Å². The zero-order valence-electron chi connectivity index (χ0n) is 16.2. The lowest BCUT2D eigenvalue weighted by atomic mass is 9.95. The Labute approximate surface area is 195 Å². The van der Waals surface area contributed by atoms with Gasteiger partial charge in [-0.1, -0.05) is 39.7 Å². The van der Waals surface area contributed by atoms with Crippen molar-refractivity contribution >= 4 is 50.7 Å². The minimum atomic E-state index is -0.787. The summed E-state index contributed by atoms with van der Waals surface area (Å²) in [6, 6.07) is 13.5. The van der Waals surface area contributed by atoms with Crippen molar-refractivity contribution in [3.05, 3.63) is 103 Å². The molecule has 3 aromatic carbocycles. The molecule has 1 aliphatic heterocycles. The number of anilines is 1. The van der Waals surface area contributed by atoms with Gasteiger partial charge < -0.3 is 10.2 Å². The second-order valence-corrected chi connectivity index (χ2v) is 8.41. The van der Waals surface area contributed by atoms with Gasteiger partial charge in [0, 0.05) is 27.9 Å². The minimum absolute atomic E-state index is 0.0116. The number of hydrogen-bond donors (Lipinski definition) is 1. The highest BCUT2D eigenvalue weighted by atomic mass is 79.9. The van der Waals surface area contributed by atoms with Crippen molar-refractivity contribution in [3.63, 3.8) is 0 Å². The van der Waals surface area contributed by atoms with Gasteiger partial charge in [-0.2, -0.15) is 0 Å². The number of halogens is 3. The third kappa shape index (κ3) is 4.21. The number of hydrogen-bond acceptors (Lipinski definition) is 4. The number of non-ortho nitro benzene ring substituents is 1. The molecule has 0 spiro atoms. The van der Waals surface area contributed by atoms with Crippen LogP contribution in [0.15, 0.2) is 65.1 Å². The summed E-state index contributed by atoms with van der Waals surface area (Å²) in [6.45, 7) is -0.341. The molecule has 1 N–H and O–H groups in total. The Balaban J connectivity index is 1.91. The molecule has 0 unspecified atom stereocenters. The Bertz CT molecular complexity index is 1250. The summed E-state index contributed by atoms with van der Waals surface area (Å²) < 4.78 is 14.3. The van der Waals surface area contributed by atoms with E-state index in [9.17, 15) is 24.1 Å². The van der Waals surface area contributed by atoms with Gasteiger partial charge in [0.2, 0.25) is 5.91 Å². The number of carbonyl (C=O) groups excluding carboxylic acids is 2. The fourth-order valence-electron chi connectivity index (χ4n) is 3.62. The minimum Gasteiger partial charge on any atom is -0.324 e. The summed E-state index contributed by atoms with van der Waals surface area (Å²) in [7, 11) is 0. The highest BCUT2D eigenvalue weighted by Crippen LogP contribution is 2.39. The summed E-state index contributed by atoms with van der Waals surface area (Å²) in [5.74, 6) is -1.57. The lowest BCUT2D eigenvalue weighted by molar-refractivity contribution is -0.384. The van der Waals surface area contributed by atoms with Crippen molar-refractivity contribution in [2.24, 2.45) is 0 Å². The molecule has 1 atom stereocenters. The molecule has 0 aliphatic carbocycles. The van der Waals surface area contributed by atoms with Crippen LogP contribution in [-0.2, 0) is 4.79 Å². The van der Waals surface area contributed by atoms with Crippen molar-refractivity contribution in [1.82, 2.24) is 4.90 Å². The largest absolute Gasteiger partial charge is 0.324 e. The van der Waals surface area contributed by atoms with Gasteiger partial charge in [0.15, 0.2) is 0 Å². The molecular weight excluding hydrogens is 505 g/mol. The number of amides is 2. The fourth-order valence-corrected chi connectivity index (χ4v) is 4.19. The number of nitro benzene ring substituents is 1. The topological polar surface area (TPSA) is 92.5 Å². The molecule has 3 aromatic rings. The molecule has 0 radical (unpaired) electrons. The van der Waals surface area contributed by atoms with Crippen molar-refractivity contribution in [3.8, 4) is 0 Å². The summed E-state index contributed by atoms with van der Waals surface area (Å²) in [5, 5.41) is 14.0. The average molecular weight is 519 g/mol. The SMILES string of the molecule is O=C1CN(C(=O)c2cc([N+](=O)[O-])ccc2Cl)[C@H](c2ccc(F)cc2)c2cc(Br)ccc2N1. The van der Waals surface area contributed by atoms with Gasteiger partial charge in [0.1, 0.15) is 12.4 Å². The van der Waals surface area contributed by atoms with Gasteiger partial charge in [-0.05, 0) is 42.0 Å². The summed E-state index contributed by atoms with van der Waals surface area (Å²) in [5.41, 5.74) is 1.22. The maximum Gasteiger partial charge on any atom is 0.270 e. The van der Waals surface area contributed by atoms with E-state index >= 15 is 0 Å². The molecule has 0 fully saturated rings. The van der Waals surface area contributed by atoms with E-state index in [4.69, 9.17) is 11.6 Å². The number of nitrogens with zero attached hydrogens (tertiary/aromatic N) is 2. The van der Waals surface area contributed by atoms with E-state index in [2.05, 4.69) is 21.2 Å². The van der Waals surface area contributed by atoms with E-state index in [1.165, 1.54) is 41.3 Å². The number of rotatable bonds is 3. The predicted molar refractivity (Wildman–Crippen MR) is 120 cm³/mol. The molecule has 32 heavy (non-hydrogen) atoms. The summed E-state index contributed by atoms with van der Waals surface area (Å²) in [4.78, 5) is 38.1. The molecule has 1 aliphatic rings.